The molecule has 0 aliphatic carbocycles. The van der Waals surface area contributed by atoms with Gasteiger partial charge in [0.05, 0.1) is 17.6 Å². The molecule has 9 heteroatoms. The SMILES string of the molecule is CC(=O)Nc1ccc(C(=O)C(C)N2CCN(c3ncnc4c3cnn4C)CC2)cc1. The minimum Gasteiger partial charge on any atom is -0.353 e. The number of carbonyl (C=O) groups excluding carboxylic acids is 2. The third kappa shape index (κ3) is 3.88. The van der Waals surface area contributed by atoms with Gasteiger partial charge in [0.15, 0.2) is 11.4 Å². The molecule has 1 amide bonds. The topological polar surface area (TPSA) is 96.2 Å². The Labute approximate surface area is 174 Å². The van der Waals surface area contributed by atoms with Crippen LogP contribution in [0.2, 0.25) is 0 Å². The number of nitrogens with one attached hydrogen (secondary N) is 1. The standard InChI is InChI=1S/C21H25N7O2/c1-14(19(30)16-4-6-17(7-5-16)25-15(2)29)27-8-10-28(11-9-27)21-18-12-24-26(3)20(18)22-13-23-21/h4-7,12-14H,8-11H2,1-3H3,(H,25,29). The third-order valence-corrected chi connectivity index (χ3v) is 5.54. The molecule has 1 N–H and O–H groups in total. The first kappa shape index (κ1) is 20.0. The number of Topliss-reactive ketones (excluding diaryl/α,β-unsaturated/α-hetero) is 1. The van der Waals surface area contributed by atoms with Crippen LogP contribution in [0.4, 0.5) is 11.5 Å². The molecule has 30 heavy (non-hydrogen) atoms. The van der Waals surface area contributed by atoms with Crippen LogP contribution in [0.5, 0.6) is 0 Å². The van der Waals surface area contributed by atoms with Crippen LogP contribution in [0.1, 0.15) is 24.2 Å². The van der Waals surface area contributed by atoms with Crippen LogP contribution in [-0.4, -0.2) is 68.6 Å². The van der Waals surface area contributed by atoms with Crippen LogP contribution in [-0.2, 0) is 11.8 Å². The van der Waals surface area contributed by atoms with Crippen molar-refractivity contribution in [1.29, 1.82) is 0 Å². The van der Waals surface area contributed by atoms with Gasteiger partial charge in [0.25, 0.3) is 0 Å². The van der Waals surface area contributed by atoms with Gasteiger partial charge in [-0.2, -0.15) is 5.10 Å². The highest BCUT2D eigenvalue weighted by atomic mass is 16.1. The van der Waals surface area contributed by atoms with Crippen molar-refractivity contribution in [3.05, 3.63) is 42.4 Å². The van der Waals surface area contributed by atoms with E-state index in [1.807, 2.05) is 14.0 Å². The second kappa shape index (κ2) is 8.19. The van der Waals surface area contributed by atoms with E-state index in [0.29, 0.717) is 11.3 Å². The van der Waals surface area contributed by atoms with Gasteiger partial charge < -0.3 is 10.2 Å². The summed E-state index contributed by atoms with van der Waals surface area (Å²) in [6.07, 6.45) is 3.37. The molecule has 0 radical (unpaired) electrons. The Bertz CT molecular complexity index is 1070. The van der Waals surface area contributed by atoms with Crippen LogP contribution in [0.3, 0.4) is 0 Å². The maximum absolute atomic E-state index is 12.9. The van der Waals surface area contributed by atoms with Crippen LogP contribution >= 0.6 is 0 Å². The molecule has 1 fully saturated rings. The molecule has 0 saturated carbocycles. The summed E-state index contributed by atoms with van der Waals surface area (Å²) < 4.78 is 1.74. The number of amides is 1. The van der Waals surface area contributed by atoms with Gasteiger partial charge in [-0.3, -0.25) is 19.2 Å². The number of fused-ring (bicyclic) bond motifs is 1. The Kier molecular flexibility index (Phi) is 5.45. The van der Waals surface area contributed by atoms with Gasteiger partial charge in [-0.15, -0.1) is 0 Å². The van der Waals surface area contributed by atoms with Crippen molar-refractivity contribution in [2.24, 2.45) is 7.05 Å². The predicted octanol–water partition coefficient (Wildman–Crippen LogP) is 1.72. The summed E-state index contributed by atoms with van der Waals surface area (Å²) in [5, 5.41) is 7.94. The van der Waals surface area contributed by atoms with Crippen molar-refractivity contribution in [1.82, 2.24) is 24.6 Å². The summed E-state index contributed by atoms with van der Waals surface area (Å²) in [6.45, 7) is 6.50. The number of anilines is 2. The number of rotatable bonds is 5. The Hall–Kier alpha value is -3.33. The molecule has 1 unspecified atom stereocenters. The predicted molar refractivity (Wildman–Crippen MR) is 115 cm³/mol. The minimum absolute atomic E-state index is 0.0783. The van der Waals surface area contributed by atoms with Crippen molar-refractivity contribution >= 4 is 34.2 Å². The molecule has 1 aromatic carbocycles. The number of hydrogen-bond donors (Lipinski definition) is 1. The molecule has 1 aliphatic rings. The van der Waals surface area contributed by atoms with Crippen molar-refractivity contribution in [3.8, 4) is 0 Å². The summed E-state index contributed by atoms with van der Waals surface area (Å²) in [5.41, 5.74) is 2.15. The fourth-order valence-electron chi connectivity index (χ4n) is 3.85. The first-order valence-corrected chi connectivity index (χ1v) is 9.97. The molecule has 156 valence electrons. The average molecular weight is 407 g/mol. The molecule has 3 aromatic rings. The normalized spacial score (nSPS) is 15.9. The van der Waals surface area contributed by atoms with E-state index in [0.717, 1.165) is 43.0 Å². The van der Waals surface area contributed by atoms with E-state index in [9.17, 15) is 9.59 Å². The van der Waals surface area contributed by atoms with E-state index in [2.05, 4.69) is 30.2 Å². The van der Waals surface area contributed by atoms with Crippen LogP contribution in [0.25, 0.3) is 11.0 Å². The van der Waals surface area contributed by atoms with E-state index < -0.39 is 0 Å². The lowest BCUT2D eigenvalue weighted by Gasteiger charge is -2.38. The number of hydrogen-bond acceptors (Lipinski definition) is 7. The van der Waals surface area contributed by atoms with Crippen LogP contribution < -0.4 is 10.2 Å². The van der Waals surface area contributed by atoms with Crippen molar-refractivity contribution in [3.63, 3.8) is 0 Å². The van der Waals surface area contributed by atoms with Crippen molar-refractivity contribution in [2.75, 3.05) is 36.4 Å². The fraction of sp³-hybridized carbons (Fsp3) is 0.381. The van der Waals surface area contributed by atoms with E-state index in [1.165, 1.54) is 6.92 Å². The Morgan fingerprint density at radius 3 is 2.43 bits per heavy atom. The maximum atomic E-state index is 12.9. The van der Waals surface area contributed by atoms with Crippen LogP contribution in [0, 0.1) is 0 Å². The zero-order valence-electron chi connectivity index (χ0n) is 17.4. The third-order valence-electron chi connectivity index (χ3n) is 5.54. The van der Waals surface area contributed by atoms with Gasteiger partial charge >= 0.3 is 0 Å². The first-order valence-electron chi connectivity index (χ1n) is 9.97. The molecule has 0 bridgehead atoms. The Morgan fingerprint density at radius 1 is 1.07 bits per heavy atom. The number of aromatic nitrogens is 4. The van der Waals surface area contributed by atoms with E-state index in [4.69, 9.17) is 0 Å². The molecule has 9 nitrogen and oxygen atoms in total. The van der Waals surface area contributed by atoms with Gasteiger partial charge in [0.1, 0.15) is 12.1 Å². The summed E-state index contributed by atoms with van der Waals surface area (Å²) in [5.74, 6) is 0.836. The van der Waals surface area contributed by atoms with Gasteiger partial charge in [0, 0.05) is 51.4 Å². The lowest BCUT2D eigenvalue weighted by molar-refractivity contribution is -0.114. The van der Waals surface area contributed by atoms with Crippen LogP contribution in [0.15, 0.2) is 36.8 Å². The molecular formula is C21H25N7O2. The summed E-state index contributed by atoms with van der Waals surface area (Å²) in [4.78, 5) is 37.3. The summed E-state index contributed by atoms with van der Waals surface area (Å²) >= 11 is 0. The highest BCUT2D eigenvalue weighted by Crippen LogP contribution is 2.24. The Balaban J connectivity index is 1.40. The van der Waals surface area contributed by atoms with E-state index in [1.54, 1.807) is 41.5 Å². The lowest BCUT2D eigenvalue weighted by Crippen LogP contribution is -2.52. The molecule has 0 spiro atoms. The summed E-state index contributed by atoms with van der Waals surface area (Å²) in [6, 6.07) is 6.82. The number of aryl methyl sites for hydroxylation is 1. The molecule has 2 aromatic heterocycles. The Morgan fingerprint density at radius 2 is 1.77 bits per heavy atom. The first-order chi connectivity index (χ1) is 14.4. The second-order valence-electron chi connectivity index (χ2n) is 7.52. The minimum atomic E-state index is -0.220. The zero-order chi connectivity index (χ0) is 21.3. The summed E-state index contributed by atoms with van der Waals surface area (Å²) in [7, 11) is 1.87. The van der Waals surface area contributed by atoms with Crippen molar-refractivity contribution in [2.45, 2.75) is 19.9 Å². The molecule has 1 saturated heterocycles. The van der Waals surface area contributed by atoms with Gasteiger partial charge in [-0.1, -0.05) is 0 Å². The number of nitrogens with zero attached hydrogens (tertiary/aromatic N) is 6. The maximum Gasteiger partial charge on any atom is 0.221 e. The smallest absolute Gasteiger partial charge is 0.221 e. The van der Waals surface area contributed by atoms with Gasteiger partial charge in [-0.05, 0) is 31.2 Å². The number of ketones is 1. The lowest BCUT2D eigenvalue weighted by atomic mass is 10.0. The quantitative estimate of drug-likeness (QED) is 0.643. The average Bonchev–Trinajstić information content (AvgIpc) is 3.14. The number of benzene rings is 1. The highest BCUT2D eigenvalue weighted by Gasteiger charge is 2.27. The highest BCUT2D eigenvalue weighted by molar-refractivity contribution is 6.00. The van der Waals surface area contributed by atoms with Gasteiger partial charge in [-0.25, -0.2) is 9.97 Å². The zero-order valence-corrected chi connectivity index (χ0v) is 17.4. The largest absolute Gasteiger partial charge is 0.353 e. The molecule has 1 atom stereocenters. The fourth-order valence-corrected chi connectivity index (χ4v) is 3.85. The van der Waals surface area contributed by atoms with Crippen molar-refractivity contribution < 1.29 is 9.59 Å². The number of piperazine rings is 1. The van der Waals surface area contributed by atoms with E-state index >= 15 is 0 Å². The molecule has 3 heterocycles. The molecular weight excluding hydrogens is 382 g/mol. The molecule has 4 rings (SSSR count). The number of carbonyl (C=O) groups is 2. The van der Waals surface area contributed by atoms with Gasteiger partial charge in [0.2, 0.25) is 5.91 Å². The van der Waals surface area contributed by atoms with E-state index in [-0.39, 0.29) is 17.7 Å². The monoisotopic (exact) mass is 407 g/mol. The molecule has 1 aliphatic heterocycles. The second-order valence-corrected chi connectivity index (χ2v) is 7.52.